The van der Waals surface area contributed by atoms with Crippen molar-refractivity contribution >= 4 is 5.78 Å². The van der Waals surface area contributed by atoms with Crippen LogP contribution < -0.4 is 0 Å². The number of rotatable bonds is 4. The first-order valence-corrected chi connectivity index (χ1v) is 10.1. The summed E-state index contributed by atoms with van der Waals surface area (Å²) in [6.45, 7) is 0. The second kappa shape index (κ2) is 8.82. The van der Waals surface area contributed by atoms with Gasteiger partial charge in [0.15, 0.2) is 5.78 Å². The van der Waals surface area contributed by atoms with Crippen molar-refractivity contribution in [2.45, 2.75) is 12.4 Å². The van der Waals surface area contributed by atoms with E-state index >= 15 is 0 Å². The van der Waals surface area contributed by atoms with Crippen molar-refractivity contribution in [2.75, 3.05) is 0 Å². The van der Waals surface area contributed by atoms with Gasteiger partial charge in [0.05, 0.1) is 11.1 Å². The summed E-state index contributed by atoms with van der Waals surface area (Å²) in [5.41, 5.74) is -2.92. The molecule has 0 bridgehead atoms. The highest BCUT2D eigenvalue weighted by Gasteiger charge is 2.39. The second-order valence-corrected chi connectivity index (χ2v) is 7.58. The summed E-state index contributed by atoms with van der Waals surface area (Å²) < 4.78 is 83.2. The number of carbonyl (C=O) groups excluding carboxylic acids is 1. The molecule has 34 heavy (non-hydrogen) atoms. The van der Waals surface area contributed by atoms with Crippen LogP contribution >= 0.6 is 0 Å². The lowest BCUT2D eigenvalue weighted by Crippen LogP contribution is -2.18. The highest BCUT2D eigenvalue weighted by atomic mass is 19.4. The van der Waals surface area contributed by atoms with E-state index in [4.69, 9.17) is 0 Å². The molecule has 0 unspecified atom stereocenters. The highest BCUT2D eigenvalue weighted by Crippen LogP contribution is 2.39. The lowest BCUT2D eigenvalue weighted by molar-refractivity contribution is -0.138. The van der Waals surface area contributed by atoms with E-state index in [9.17, 15) is 31.1 Å². The van der Waals surface area contributed by atoms with Gasteiger partial charge in [-0.05, 0) is 46.5 Å². The van der Waals surface area contributed by atoms with Crippen molar-refractivity contribution in [2.24, 2.45) is 0 Å². The number of ketones is 1. The molecular weight excluding hydrogens is 454 g/mol. The van der Waals surface area contributed by atoms with Crippen LogP contribution in [0.2, 0.25) is 0 Å². The number of benzene rings is 4. The zero-order valence-electron chi connectivity index (χ0n) is 17.4. The normalized spacial score (nSPS) is 11.9. The first-order valence-electron chi connectivity index (χ1n) is 10.1. The highest BCUT2D eigenvalue weighted by molar-refractivity contribution is 6.11. The Hall–Kier alpha value is -3.87. The van der Waals surface area contributed by atoms with E-state index in [0.29, 0.717) is 11.1 Å². The molecular formula is C27H16F6O. The van der Waals surface area contributed by atoms with Gasteiger partial charge in [-0.15, -0.1) is 0 Å². The van der Waals surface area contributed by atoms with Gasteiger partial charge < -0.3 is 0 Å². The standard InChI is InChI=1S/C27H16F6O/c28-26(29,30)23-15-19(17-7-3-1-4-8-17)11-13-21(23)25(34)22-14-12-20(16-24(22)27(31,32)33)18-9-5-2-6-10-18/h1-16H. The molecule has 0 radical (unpaired) electrons. The van der Waals surface area contributed by atoms with Crippen LogP contribution in [0, 0.1) is 0 Å². The minimum atomic E-state index is -4.95. The van der Waals surface area contributed by atoms with Gasteiger partial charge in [-0.25, -0.2) is 0 Å². The number of hydrogen-bond donors (Lipinski definition) is 0. The van der Waals surface area contributed by atoms with Crippen molar-refractivity contribution in [1.29, 1.82) is 0 Å². The summed E-state index contributed by atoms with van der Waals surface area (Å²) in [6, 6.07) is 22.4. The Bertz CT molecular complexity index is 1220. The average Bonchev–Trinajstić information content (AvgIpc) is 2.83. The summed E-state index contributed by atoms with van der Waals surface area (Å²) in [7, 11) is 0. The number of carbonyl (C=O) groups is 1. The van der Waals surface area contributed by atoms with Crippen LogP contribution in [0.3, 0.4) is 0 Å². The van der Waals surface area contributed by atoms with Crippen LogP contribution in [-0.2, 0) is 12.4 Å². The third-order valence-corrected chi connectivity index (χ3v) is 5.35. The first kappa shape index (κ1) is 23.3. The topological polar surface area (TPSA) is 17.1 Å². The van der Waals surface area contributed by atoms with Gasteiger partial charge in [-0.2, -0.15) is 26.3 Å². The zero-order valence-corrected chi connectivity index (χ0v) is 17.4. The van der Waals surface area contributed by atoms with Gasteiger partial charge in [0.1, 0.15) is 0 Å². The molecule has 0 aliphatic carbocycles. The number of halogens is 6. The summed E-state index contributed by atoms with van der Waals surface area (Å²) in [5.74, 6) is -1.35. The van der Waals surface area contributed by atoms with E-state index in [1.165, 1.54) is 12.1 Å². The maximum Gasteiger partial charge on any atom is 0.417 e. The molecule has 0 saturated heterocycles. The Labute approximate surface area is 191 Å². The molecule has 0 fully saturated rings. The largest absolute Gasteiger partial charge is 0.417 e. The molecule has 7 heteroatoms. The Morgan fingerprint density at radius 1 is 0.471 bits per heavy atom. The van der Waals surface area contributed by atoms with E-state index in [-0.39, 0.29) is 11.1 Å². The van der Waals surface area contributed by atoms with Gasteiger partial charge in [0.2, 0.25) is 0 Å². The predicted molar refractivity (Wildman–Crippen MR) is 117 cm³/mol. The van der Waals surface area contributed by atoms with Crippen molar-refractivity contribution < 1.29 is 31.1 Å². The zero-order chi connectivity index (χ0) is 24.5. The van der Waals surface area contributed by atoms with E-state index in [0.717, 1.165) is 24.3 Å². The molecule has 1 nitrogen and oxygen atoms in total. The van der Waals surface area contributed by atoms with Crippen molar-refractivity contribution in [3.05, 3.63) is 119 Å². The second-order valence-electron chi connectivity index (χ2n) is 7.58. The lowest BCUT2D eigenvalue weighted by atomic mass is 9.90. The maximum atomic E-state index is 13.9. The Balaban J connectivity index is 1.85. The van der Waals surface area contributed by atoms with E-state index < -0.39 is 40.4 Å². The Morgan fingerprint density at radius 3 is 1.15 bits per heavy atom. The van der Waals surface area contributed by atoms with Gasteiger partial charge in [0, 0.05) is 11.1 Å². The van der Waals surface area contributed by atoms with Gasteiger partial charge >= 0.3 is 12.4 Å². The summed E-state index contributed by atoms with van der Waals surface area (Å²) in [5, 5.41) is 0. The molecule has 0 N–H and O–H groups in total. The molecule has 0 spiro atoms. The summed E-state index contributed by atoms with van der Waals surface area (Å²) in [6.07, 6.45) is -9.89. The fraction of sp³-hybridized carbons (Fsp3) is 0.0741. The Kier molecular flexibility index (Phi) is 6.04. The Morgan fingerprint density at radius 2 is 0.824 bits per heavy atom. The quantitative estimate of drug-likeness (QED) is 0.217. The maximum absolute atomic E-state index is 13.9. The fourth-order valence-electron chi connectivity index (χ4n) is 3.72. The molecule has 0 aliphatic heterocycles. The predicted octanol–water partition coefficient (Wildman–Crippen LogP) is 8.29. The molecule has 0 aromatic heterocycles. The third-order valence-electron chi connectivity index (χ3n) is 5.35. The van der Waals surface area contributed by atoms with Crippen LogP contribution in [0.25, 0.3) is 22.3 Å². The van der Waals surface area contributed by atoms with E-state index in [1.807, 2.05) is 0 Å². The summed E-state index contributed by atoms with van der Waals surface area (Å²) >= 11 is 0. The molecule has 0 amide bonds. The molecule has 4 aromatic rings. The van der Waals surface area contributed by atoms with Crippen LogP contribution in [0.4, 0.5) is 26.3 Å². The average molecular weight is 470 g/mol. The first-order chi connectivity index (χ1) is 16.1. The van der Waals surface area contributed by atoms with E-state index in [1.54, 1.807) is 60.7 Å². The third kappa shape index (κ3) is 4.73. The number of hydrogen-bond acceptors (Lipinski definition) is 1. The lowest BCUT2D eigenvalue weighted by Gasteiger charge is -2.17. The SMILES string of the molecule is O=C(c1ccc(-c2ccccc2)cc1C(F)(F)F)c1ccc(-c2ccccc2)cc1C(F)(F)F. The molecule has 4 rings (SSSR count). The van der Waals surface area contributed by atoms with Gasteiger partial charge in [0.25, 0.3) is 0 Å². The monoisotopic (exact) mass is 470 g/mol. The smallest absolute Gasteiger partial charge is 0.289 e. The molecule has 0 saturated carbocycles. The fourth-order valence-corrected chi connectivity index (χ4v) is 3.72. The van der Waals surface area contributed by atoms with Crippen LogP contribution in [0.15, 0.2) is 97.1 Å². The molecule has 0 atom stereocenters. The van der Waals surface area contributed by atoms with Gasteiger partial charge in [-0.1, -0.05) is 72.8 Å². The van der Waals surface area contributed by atoms with Crippen molar-refractivity contribution in [1.82, 2.24) is 0 Å². The van der Waals surface area contributed by atoms with Crippen molar-refractivity contribution in [3.63, 3.8) is 0 Å². The molecule has 4 aromatic carbocycles. The van der Waals surface area contributed by atoms with Crippen LogP contribution in [0.1, 0.15) is 27.0 Å². The summed E-state index contributed by atoms with van der Waals surface area (Å²) in [4.78, 5) is 13.1. The van der Waals surface area contributed by atoms with Crippen LogP contribution in [0.5, 0.6) is 0 Å². The minimum Gasteiger partial charge on any atom is -0.289 e. The van der Waals surface area contributed by atoms with Crippen molar-refractivity contribution in [3.8, 4) is 22.3 Å². The van der Waals surface area contributed by atoms with E-state index in [2.05, 4.69) is 0 Å². The minimum absolute atomic E-state index is 0.194. The van der Waals surface area contributed by atoms with Crippen LogP contribution in [-0.4, -0.2) is 5.78 Å². The molecule has 0 heterocycles. The van der Waals surface area contributed by atoms with Gasteiger partial charge in [-0.3, -0.25) is 4.79 Å². The molecule has 0 aliphatic rings. The number of alkyl halides is 6. The molecule has 172 valence electrons.